The molecule has 0 spiro atoms. The first-order valence-corrected chi connectivity index (χ1v) is 7.79. The van der Waals surface area contributed by atoms with E-state index in [1.54, 1.807) is 23.6 Å². The molecule has 5 heteroatoms. The van der Waals surface area contributed by atoms with Crippen molar-refractivity contribution in [3.8, 4) is 0 Å². The Labute approximate surface area is 137 Å². The van der Waals surface area contributed by atoms with E-state index in [1.807, 2.05) is 36.4 Å². The molecule has 2 aromatic carbocycles. The van der Waals surface area contributed by atoms with E-state index in [4.69, 9.17) is 9.15 Å². The Morgan fingerprint density at radius 2 is 1.79 bits per heavy atom. The average molecular weight is 321 g/mol. The minimum atomic E-state index is -0.349. The topological polar surface area (TPSA) is 61.4 Å². The van der Waals surface area contributed by atoms with Gasteiger partial charge in [-0.1, -0.05) is 24.3 Å². The van der Waals surface area contributed by atoms with Crippen molar-refractivity contribution in [3.05, 3.63) is 58.8 Å². The predicted molar refractivity (Wildman–Crippen MR) is 92.1 cm³/mol. The fourth-order valence-corrected chi connectivity index (χ4v) is 3.10. The number of para-hydroxylation sites is 2. The Hall–Kier alpha value is -3.08. The van der Waals surface area contributed by atoms with Crippen molar-refractivity contribution in [1.29, 1.82) is 0 Å². The number of esters is 1. The number of pyridine rings is 1. The third-order valence-corrected chi connectivity index (χ3v) is 4.08. The molecule has 0 atom stereocenters. The van der Waals surface area contributed by atoms with Gasteiger partial charge in [-0.3, -0.25) is 9.59 Å². The second kappa shape index (κ2) is 5.53. The van der Waals surface area contributed by atoms with Crippen LogP contribution in [0.25, 0.3) is 33.0 Å². The van der Waals surface area contributed by atoms with Gasteiger partial charge in [0.15, 0.2) is 5.58 Å². The molecule has 24 heavy (non-hydrogen) atoms. The first-order valence-electron chi connectivity index (χ1n) is 7.79. The quantitative estimate of drug-likeness (QED) is 0.542. The Morgan fingerprint density at radius 1 is 1.08 bits per heavy atom. The van der Waals surface area contributed by atoms with Crippen molar-refractivity contribution in [1.82, 2.24) is 4.57 Å². The van der Waals surface area contributed by atoms with Gasteiger partial charge in [-0.2, -0.15) is 0 Å². The first-order chi connectivity index (χ1) is 11.7. The summed E-state index contributed by atoms with van der Waals surface area (Å²) in [6.45, 7) is 2.10. The maximum Gasteiger partial charge on any atom is 0.325 e. The monoisotopic (exact) mass is 321 g/mol. The average Bonchev–Trinajstić information content (AvgIpc) is 2.99. The van der Waals surface area contributed by atoms with Crippen LogP contribution in [0.15, 0.2) is 57.7 Å². The lowest BCUT2D eigenvalue weighted by atomic mass is 10.1. The summed E-state index contributed by atoms with van der Waals surface area (Å²) < 4.78 is 12.7. The van der Waals surface area contributed by atoms with E-state index in [1.165, 1.54) is 0 Å². The molecular formula is C19H15NO4. The lowest BCUT2D eigenvalue weighted by Gasteiger charge is -2.12. The minimum Gasteiger partial charge on any atom is -0.465 e. The first kappa shape index (κ1) is 14.5. The number of furan rings is 1. The Bertz CT molecular complexity index is 1140. The molecule has 4 aromatic rings. The van der Waals surface area contributed by atoms with Crippen LogP contribution in [0.4, 0.5) is 0 Å². The van der Waals surface area contributed by atoms with Crippen LogP contribution in [0.3, 0.4) is 0 Å². The number of nitrogens with zero attached hydrogens (tertiary/aromatic N) is 1. The molecule has 0 radical (unpaired) electrons. The van der Waals surface area contributed by atoms with E-state index >= 15 is 0 Å². The van der Waals surface area contributed by atoms with Crippen molar-refractivity contribution in [2.45, 2.75) is 13.5 Å². The Balaban J connectivity index is 2.16. The number of carbonyl (C=O) groups excluding carboxylic acids is 1. The van der Waals surface area contributed by atoms with Crippen LogP contribution in [0.5, 0.6) is 0 Å². The maximum absolute atomic E-state index is 12.8. The highest BCUT2D eigenvalue weighted by molar-refractivity contribution is 6.07. The highest BCUT2D eigenvalue weighted by Gasteiger charge is 2.19. The fraction of sp³-hybridized carbons (Fsp3) is 0.158. The van der Waals surface area contributed by atoms with Crippen LogP contribution >= 0.6 is 0 Å². The van der Waals surface area contributed by atoms with Crippen LogP contribution in [0.2, 0.25) is 0 Å². The summed E-state index contributed by atoms with van der Waals surface area (Å²) in [6, 6.07) is 14.6. The summed E-state index contributed by atoms with van der Waals surface area (Å²) in [4.78, 5) is 24.9. The van der Waals surface area contributed by atoms with Crippen LogP contribution in [0.1, 0.15) is 6.92 Å². The van der Waals surface area contributed by atoms with Crippen molar-refractivity contribution < 1.29 is 13.9 Å². The van der Waals surface area contributed by atoms with E-state index in [-0.39, 0.29) is 23.5 Å². The molecule has 4 rings (SSSR count). The van der Waals surface area contributed by atoms with Crippen molar-refractivity contribution >= 4 is 38.9 Å². The van der Waals surface area contributed by atoms with Crippen LogP contribution in [-0.2, 0) is 16.1 Å². The lowest BCUT2D eigenvalue weighted by molar-refractivity contribution is -0.143. The van der Waals surface area contributed by atoms with Crippen LogP contribution in [0, 0.1) is 0 Å². The van der Waals surface area contributed by atoms with Gasteiger partial charge in [0.05, 0.1) is 12.1 Å². The molecule has 0 unspecified atom stereocenters. The molecule has 2 aromatic heterocycles. The summed E-state index contributed by atoms with van der Waals surface area (Å²) in [7, 11) is 0. The molecule has 0 aliphatic rings. The van der Waals surface area contributed by atoms with Gasteiger partial charge in [0, 0.05) is 10.8 Å². The molecule has 0 saturated carbocycles. The predicted octanol–water partition coefficient (Wildman–Crippen LogP) is 3.46. The molecule has 0 fully saturated rings. The summed E-state index contributed by atoms with van der Waals surface area (Å²) in [5.41, 5.74) is 2.03. The lowest BCUT2D eigenvalue weighted by Crippen LogP contribution is -2.17. The number of rotatable bonds is 3. The second-order valence-corrected chi connectivity index (χ2v) is 5.51. The maximum atomic E-state index is 12.8. The van der Waals surface area contributed by atoms with Gasteiger partial charge in [0.25, 0.3) is 0 Å². The zero-order valence-corrected chi connectivity index (χ0v) is 13.1. The van der Waals surface area contributed by atoms with Gasteiger partial charge < -0.3 is 13.7 Å². The molecule has 0 aliphatic carbocycles. The van der Waals surface area contributed by atoms with E-state index in [0.717, 1.165) is 5.39 Å². The third-order valence-electron chi connectivity index (χ3n) is 4.08. The van der Waals surface area contributed by atoms with Gasteiger partial charge in [0.1, 0.15) is 17.6 Å². The Kier molecular flexibility index (Phi) is 3.34. The van der Waals surface area contributed by atoms with E-state index in [0.29, 0.717) is 28.6 Å². The molecule has 0 amide bonds. The summed E-state index contributed by atoms with van der Waals surface area (Å²) >= 11 is 0. The van der Waals surface area contributed by atoms with Crippen LogP contribution in [-0.4, -0.2) is 17.1 Å². The highest BCUT2D eigenvalue weighted by Crippen LogP contribution is 2.29. The molecular weight excluding hydrogens is 306 g/mol. The number of benzene rings is 2. The summed E-state index contributed by atoms with van der Waals surface area (Å²) in [5, 5.41) is 1.33. The van der Waals surface area contributed by atoms with E-state index in [2.05, 4.69) is 0 Å². The molecule has 5 nitrogen and oxygen atoms in total. The highest BCUT2D eigenvalue weighted by atomic mass is 16.5. The van der Waals surface area contributed by atoms with Crippen molar-refractivity contribution in [2.24, 2.45) is 0 Å². The van der Waals surface area contributed by atoms with Crippen LogP contribution < -0.4 is 5.43 Å². The SMILES string of the molecule is CCOC(=O)Cn1c2ccccc2c(=O)c2oc3ccccc3c21. The largest absolute Gasteiger partial charge is 0.465 e. The number of hydrogen-bond acceptors (Lipinski definition) is 4. The zero-order chi connectivity index (χ0) is 16.7. The second-order valence-electron chi connectivity index (χ2n) is 5.51. The fourth-order valence-electron chi connectivity index (χ4n) is 3.10. The third kappa shape index (κ3) is 2.09. The molecule has 0 aliphatic heterocycles. The molecule has 2 heterocycles. The normalized spacial score (nSPS) is 11.4. The number of aromatic nitrogens is 1. The number of carbonyl (C=O) groups is 1. The van der Waals surface area contributed by atoms with E-state index < -0.39 is 0 Å². The minimum absolute atomic E-state index is 0.0225. The molecule has 0 N–H and O–H groups in total. The Morgan fingerprint density at radius 3 is 2.58 bits per heavy atom. The summed E-state index contributed by atoms with van der Waals surface area (Å²) in [5.74, 6) is -0.349. The number of fused-ring (bicyclic) bond motifs is 4. The van der Waals surface area contributed by atoms with Gasteiger partial charge in [-0.05, 0) is 31.2 Å². The summed E-state index contributed by atoms with van der Waals surface area (Å²) in [6.07, 6.45) is 0. The van der Waals surface area contributed by atoms with Crippen molar-refractivity contribution in [3.63, 3.8) is 0 Å². The smallest absolute Gasteiger partial charge is 0.325 e. The molecule has 120 valence electrons. The van der Waals surface area contributed by atoms with E-state index in [9.17, 15) is 9.59 Å². The number of ether oxygens (including phenoxy) is 1. The molecule has 0 bridgehead atoms. The van der Waals surface area contributed by atoms with Gasteiger partial charge in [0.2, 0.25) is 5.43 Å². The van der Waals surface area contributed by atoms with Gasteiger partial charge >= 0.3 is 5.97 Å². The van der Waals surface area contributed by atoms with Gasteiger partial charge in [-0.25, -0.2) is 0 Å². The standard InChI is InChI=1S/C19H15NO4/c1-2-23-16(21)11-20-14-9-5-3-7-12(14)18(22)19-17(20)13-8-4-6-10-15(13)24-19/h3-10H,2,11H2,1H3. The van der Waals surface area contributed by atoms with Crippen molar-refractivity contribution in [2.75, 3.05) is 6.61 Å². The number of hydrogen-bond donors (Lipinski definition) is 0. The van der Waals surface area contributed by atoms with Gasteiger partial charge in [-0.15, -0.1) is 0 Å². The molecule has 0 saturated heterocycles. The zero-order valence-electron chi connectivity index (χ0n) is 13.1.